The number of fused-ring (bicyclic) bond motifs is 5. The molecule has 238 valence electrons. The lowest BCUT2D eigenvalue weighted by atomic mass is 9.92. The Labute approximate surface area is 299 Å². The maximum absolute atomic E-state index is 5.15. The van der Waals surface area contributed by atoms with Gasteiger partial charge in [-0.25, -0.2) is 15.0 Å². The largest absolute Gasteiger partial charge is 0.208 e. The number of hydrogen-bond acceptors (Lipinski definition) is 4. The molecule has 0 aliphatic heterocycles. The second-order valence-electron chi connectivity index (χ2n) is 12.8. The molecule has 10 rings (SSSR count). The first-order valence-corrected chi connectivity index (χ1v) is 17.9. The van der Waals surface area contributed by atoms with E-state index in [4.69, 9.17) is 15.0 Å². The zero-order valence-electron chi connectivity index (χ0n) is 27.5. The Hall–Kier alpha value is -6.49. The molecule has 8 aromatic carbocycles. The normalized spacial score (nSPS) is 11.5. The average molecular weight is 668 g/mol. The van der Waals surface area contributed by atoms with Gasteiger partial charge in [-0.3, -0.25) is 0 Å². The molecule has 0 aliphatic rings. The predicted octanol–water partition coefficient (Wildman–Crippen LogP) is 12.9. The van der Waals surface area contributed by atoms with E-state index in [0.29, 0.717) is 17.5 Å². The summed E-state index contributed by atoms with van der Waals surface area (Å²) in [5, 5.41) is 7.36. The standard InChI is InChI=1S/C47H29N3S/c1-3-12-30(13-4-1)32-22-23-34-27-38(25-24-33(34)26-32)47-49-45(31-14-5-2-6-15-31)48-46(50-47)37-18-11-17-36(28-37)43-39-19-8-7-16-35(39)29-42-44(43)40-20-9-10-21-41(40)51-42/h1-29H. The van der Waals surface area contributed by atoms with E-state index < -0.39 is 0 Å². The maximum atomic E-state index is 5.15. The van der Waals surface area contributed by atoms with E-state index in [2.05, 4.69) is 152 Å². The van der Waals surface area contributed by atoms with Crippen LogP contribution in [0.2, 0.25) is 0 Å². The molecule has 0 spiro atoms. The minimum Gasteiger partial charge on any atom is -0.208 e. The van der Waals surface area contributed by atoms with Crippen molar-refractivity contribution in [2.75, 3.05) is 0 Å². The Morgan fingerprint density at radius 1 is 0.314 bits per heavy atom. The fourth-order valence-electron chi connectivity index (χ4n) is 7.21. The van der Waals surface area contributed by atoms with Gasteiger partial charge in [0.1, 0.15) is 0 Å². The van der Waals surface area contributed by atoms with Gasteiger partial charge in [0.25, 0.3) is 0 Å². The summed E-state index contributed by atoms with van der Waals surface area (Å²) in [6.07, 6.45) is 0. The van der Waals surface area contributed by atoms with Crippen LogP contribution in [0, 0.1) is 0 Å². The van der Waals surface area contributed by atoms with Gasteiger partial charge < -0.3 is 0 Å². The van der Waals surface area contributed by atoms with Crippen LogP contribution in [0.3, 0.4) is 0 Å². The highest BCUT2D eigenvalue weighted by Gasteiger charge is 2.18. The molecular weight excluding hydrogens is 639 g/mol. The Balaban J connectivity index is 1.14. The molecule has 0 saturated heterocycles. The van der Waals surface area contributed by atoms with Crippen molar-refractivity contribution < 1.29 is 0 Å². The van der Waals surface area contributed by atoms with E-state index in [1.165, 1.54) is 53.0 Å². The molecule has 3 nitrogen and oxygen atoms in total. The Kier molecular flexibility index (Phi) is 7.00. The molecule has 0 radical (unpaired) electrons. The molecule has 4 heteroatoms. The van der Waals surface area contributed by atoms with Crippen molar-refractivity contribution in [3.8, 4) is 56.4 Å². The molecule has 2 heterocycles. The molecule has 2 aromatic heterocycles. The summed E-state index contributed by atoms with van der Waals surface area (Å²) < 4.78 is 2.58. The quantitative estimate of drug-likeness (QED) is 0.183. The third kappa shape index (κ3) is 5.25. The molecule has 0 atom stereocenters. The summed E-state index contributed by atoms with van der Waals surface area (Å²) in [4.78, 5) is 15.3. The van der Waals surface area contributed by atoms with Crippen molar-refractivity contribution in [2.45, 2.75) is 0 Å². The average Bonchev–Trinajstić information content (AvgIpc) is 3.58. The van der Waals surface area contributed by atoms with E-state index in [1.54, 1.807) is 0 Å². The van der Waals surface area contributed by atoms with Gasteiger partial charge in [-0.1, -0.05) is 146 Å². The van der Waals surface area contributed by atoms with Crippen molar-refractivity contribution in [1.82, 2.24) is 15.0 Å². The number of benzene rings is 8. The number of thiophene rings is 1. The van der Waals surface area contributed by atoms with Gasteiger partial charge >= 0.3 is 0 Å². The molecule has 0 N–H and O–H groups in total. The molecule has 10 aromatic rings. The minimum atomic E-state index is 0.645. The first-order valence-electron chi connectivity index (χ1n) is 17.1. The van der Waals surface area contributed by atoms with Gasteiger partial charge in [0.05, 0.1) is 0 Å². The van der Waals surface area contributed by atoms with Gasteiger partial charge in [-0.05, 0) is 74.1 Å². The van der Waals surface area contributed by atoms with Gasteiger partial charge in [0, 0.05) is 36.9 Å². The van der Waals surface area contributed by atoms with Gasteiger partial charge in [-0.2, -0.15) is 0 Å². The van der Waals surface area contributed by atoms with Gasteiger partial charge in [0.2, 0.25) is 0 Å². The Morgan fingerprint density at radius 2 is 0.863 bits per heavy atom. The SMILES string of the molecule is c1ccc(-c2ccc3cc(-c4nc(-c5ccccc5)nc(-c5cccc(-c6c7ccccc7cc7sc8ccccc8c67)c5)n4)ccc3c2)cc1. The molecule has 0 fully saturated rings. The second-order valence-corrected chi connectivity index (χ2v) is 13.9. The molecule has 51 heavy (non-hydrogen) atoms. The van der Waals surface area contributed by atoms with Crippen molar-refractivity contribution in [3.63, 3.8) is 0 Å². The summed E-state index contributed by atoms with van der Waals surface area (Å²) in [7, 11) is 0. The summed E-state index contributed by atoms with van der Waals surface area (Å²) in [5.41, 5.74) is 7.63. The van der Waals surface area contributed by atoms with Crippen LogP contribution in [0.1, 0.15) is 0 Å². The molecule has 0 saturated carbocycles. The summed E-state index contributed by atoms with van der Waals surface area (Å²) >= 11 is 1.85. The van der Waals surface area contributed by atoms with Gasteiger partial charge in [-0.15, -0.1) is 11.3 Å². The van der Waals surface area contributed by atoms with Crippen LogP contribution in [-0.2, 0) is 0 Å². The third-order valence-electron chi connectivity index (χ3n) is 9.67. The van der Waals surface area contributed by atoms with E-state index in [0.717, 1.165) is 27.6 Å². The fourth-order valence-corrected chi connectivity index (χ4v) is 8.37. The molecule has 0 amide bonds. The summed E-state index contributed by atoms with van der Waals surface area (Å²) in [6, 6.07) is 62.2. The number of aromatic nitrogens is 3. The lowest BCUT2D eigenvalue weighted by molar-refractivity contribution is 1.07. The highest BCUT2D eigenvalue weighted by molar-refractivity contribution is 7.26. The van der Waals surface area contributed by atoms with Crippen molar-refractivity contribution in [1.29, 1.82) is 0 Å². The highest BCUT2D eigenvalue weighted by Crippen LogP contribution is 2.44. The van der Waals surface area contributed by atoms with Crippen LogP contribution in [-0.4, -0.2) is 15.0 Å². The van der Waals surface area contributed by atoms with Crippen LogP contribution < -0.4 is 0 Å². The number of hydrogen-bond donors (Lipinski definition) is 0. The Morgan fingerprint density at radius 3 is 1.63 bits per heavy atom. The van der Waals surface area contributed by atoms with Crippen molar-refractivity contribution >= 4 is 53.1 Å². The molecule has 0 bridgehead atoms. The second kappa shape index (κ2) is 12.1. The smallest absolute Gasteiger partial charge is 0.164 e. The van der Waals surface area contributed by atoms with Crippen LogP contribution in [0.5, 0.6) is 0 Å². The van der Waals surface area contributed by atoms with E-state index in [1.807, 2.05) is 35.6 Å². The highest BCUT2D eigenvalue weighted by atomic mass is 32.1. The van der Waals surface area contributed by atoms with Gasteiger partial charge in [0.15, 0.2) is 17.5 Å². The zero-order chi connectivity index (χ0) is 33.7. The lowest BCUT2D eigenvalue weighted by Crippen LogP contribution is -2.00. The Bertz CT molecular complexity index is 2910. The zero-order valence-corrected chi connectivity index (χ0v) is 28.3. The summed E-state index contributed by atoms with van der Waals surface area (Å²) in [6.45, 7) is 0. The minimum absolute atomic E-state index is 0.645. The van der Waals surface area contributed by atoms with E-state index in [9.17, 15) is 0 Å². The number of rotatable bonds is 5. The van der Waals surface area contributed by atoms with E-state index >= 15 is 0 Å². The molecule has 0 aliphatic carbocycles. The van der Waals surface area contributed by atoms with Crippen LogP contribution in [0.15, 0.2) is 176 Å². The van der Waals surface area contributed by atoms with Crippen LogP contribution in [0.4, 0.5) is 0 Å². The van der Waals surface area contributed by atoms with Crippen molar-refractivity contribution in [2.24, 2.45) is 0 Å². The monoisotopic (exact) mass is 667 g/mol. The fraction of sp³-hybridized carbons (Fsp3) is 0. The van der Waals surface area contributed by atoms with Crippen LogP contribution in [0.25, 0.3) is 98.1 Å². The first kappa shape index (κ1) is 29.4. The topological polar surface area (TPSA) is 38.7 Å². The number of nitrogens with zero attached hydrogens (tertiary/aromatic N) is 3. The van der Waals surface area contributed by atoms with E-state index in [-0.39, 0.29) is 0 Å². The van der Waals surface area contributed by atoms with Crippen LogP contribution >= 0.6 is 11.3 Å². The first-order chi connectivity index (χ1) is 25.2. The predicted molar refractivity (Wildman–Crippen MR) is 215 cm³/mol. The lowest BCUT2D eigenvalue weighted by Gasteiger charge is -2.13. The molecular formula is C47H29N3S. The third-order valence-corrected chi connectivity index (χ3v) is 10.8. The molecule has 0 unspecified atom stereocenters. The van der Waals surface area contributed by atoms with Crippen molar-refractivity contribution in [3.05, 3.63) is 176 Å². The summed E-state index contributed by atoms with van der Waals surface area (Å²) in [5.74, 6) is 1.94. The maximum Gasteiger partial charge on any atom is 0.164 e.